The average molecular weight is 468 g/mol. The highest BCUT2D eigenvalue weighted by Crippen LogP contribution is 2.31. The van der Waals surface area contributed by atoms with Crippen LogP contribution in [0.25, 0.3) is 0 Å². The highest BCUT2D eigenvalue weighted by Gasteiger charge is 2.23. The first-order valence-corrected chi connectivity index (χ1v) is 11.7. The molecular weight excluding hydrogens is 442 g/mol. The number of halogens is 1. The Hall–Kier alpha value is -2.33. The third kappa shape index (κ3) is 5.68. The van der Waals surface area contributed by atoms with E-state index in [1.165, 1.54) is 25.3 Å². The van der Waals surface area contributed by atoms with E-state index >= 15 is 0 Å². The van der Waals surface area contributed by atoms with Crippen molar-refractivity contribution in [1.29, 1.82) is 0 Å². The average Bonchev–Trinajstić information content (AvgIpc) is 2.73. The molecule has 8 nitrogen and oxygen atoms in total. The molecule has 1 amide bonds. The van der Waals surface area contributed by atoms with Crippen molar-refractivity contribution in [3.63, 3.8) is 0 Å². The first kappa shape index (κ1) is 23.3. The summed E-state index contributed by atoms with van der Waals surface area (Å²) in [6.07, 6.45) is 0. The van der Waals surface area contributed by atoms with Crippen molar-refractivity contribution in [1.82, 2.24) is 4.72 Å². The van der Waals surface area contributed by atoms with Gasteiger partial charge in [0.2, 0.25) is 10.0 Å². The van der Waals surface area contributed by atoms with Crippen molar-refractivity contribution >= 4 is 38.9 Å². The molecule has 0 saturated carbocycles. The van der Waals surface area contributed by atoms with Gasteiger partial charge in [0.05, 0.1) is 31.7 Å². The first-order valence-electron chi connectivity index (χ1n) is 9.85. The van der Waals surface area contributed by atoms with Crippen molar-refractivity contribution in [2.45, 2.75) is 24.8 Å². The Bertz CT molecular complexity index is 1050. The van der Waals surface area contributed by atoms with Crippen molar-refractivity contribution in [2.75, 3.05) is 43.6 Å². The molecule has 1 saturated heterocycles. The van der Waals surface area contributed by atoms with Crippen molar-refractivity contribution < 1.29 is 22.7 Å². The van der Waals surface area contributed by atoms with Crippen LogP contribution in [0.3, 0.4) is 0 Å². The summed E-state index contributed by atoms with van der Waals surface area (Å²) in [4.78, 5) is 15.0. The molecule has 0 bridgehead atoms. The van der Waals surface area contributed by atoms with Gasteiger partial charge in [-0.05, 0) is 50.2 Å². The van der Waals surface area contributed by atoms with Crippen LogP contribution >= 0.6 is 11.6 Å². The molecule has 2 aromatic carbocycles. The van der Waals surface area contributed by atoms with Crippen LogP contribution in [0.2, 0.25) is 5.02 Å². The predicted molar refractivity (Wildman–Crippen MR) is 121 cm³/mol. The number of hydrogen-bond acceptors (Lipinski definition) is 6. The van der Waals surface area contributed by atoms with Gasteiger partial charge in [0.1, 0.15) is 10.6 Å². The lowest BCUT2D eigenvalue weighted by Gasteiger charge is -2.30. The minimum atomic E-state index is -3.86. The summed E-state index contributed by atoms with van der Waals surface area (Å²) in [5.41, 5.74) is 1.54. The minimum absolute atomic E-state index is 0.101. The van der Waals surface area contributed by atoms with Crippen molar-refractivity contribution in [3.8, 4) is 5.75 Å². The summed E-state index contributed by atoms with van der Waals surface area (Å²) < 4.78 is 38.5. The SMILES string of the molecule is COc1ccc(C(=O)Nc2cc(Cl)ccc2N2CCOCC2)cc1S(=O)(=O)NC(C)C. The number of nitrogens with one attached hydrogen (secondary N) is 2. The Morgan fingerprint density at radius 3 is 2.52 bits per heavy atom. The van der Waals surface area contributed by atoms with E-state index in [9.17, 15) is 13.2 Å². The maximum Gasteiger partial charge on any atom is 0.255 e. The van der Waals surface area contributed by atoms with Gasteiger partial charge in [0.25, 0.3) is 5.91 Å². The van der Waals surface area contributed by atoms with Gasteiger partial charge in [-0.2, -0.15) is 0 Å². The van der Waals surface area contributed by atoms with Gasteiger partial charge in [-0.1, -0.05) is 11.6 Å². The summed E-state index contributed by atoms with van der Waals surface area (Å²) in [7, 11) is -2.48. The lowest BCUT2D eigenvalue weighted by Crippen LogP contribution is -2.36. The molecule has 1 aliphatic rings. The second kappa shape index (κ2) is 9.86. The van der Waals surface area contributed by atoms with Gasteiger partial charge in [0.15, 0.2) is 0 Å². The van der Waals surface area contributed by atoms with E-state index in [4.69, 9.17) is 21.1 Å². The number of carbonyl (C=O) groups excluding carboxylic acids is 1. The van der Waals surface area contributed by atoms with Crippen LogP contribution in [-0.2, 0) is 14.8 Å². The number of morpholine rings is 1. The highest BCUT2D eigenvalue weighted by molar-refractivity contribution is 7.89. The Morgan fingerprint density at radius 2 is 1.87 bits per heavy atom. The van der Waals surface area contributed by atoms with Crippen molar-refractivity contribution in [2.24, 2.45) is 0 Å². The fourth-order valence-corrected chi connectivity index (χ4v) is 4.90. The van der Waals surface area contributed by atoms with Gasteiger partial charge in [0, 0.05) is 29.7 Å². The van der Waals surface area contributed by atoms with Crippen LogP contribution < -0.4 is 19.7 Å². The molecule has 0 unspecified atom stereocenters. The number of amides is 1. The van der Waals surface area contributed by atoms with E-state index in [2.05, 4.69) is 14.9 Å². The van der Waals surface area contributed by atoms with E-state index in [-0.39, 0.29) is 22.3 Å². The molecule has 0 atom stereocenters. The summed E-state index contributed by atoms with van der Waals surface area (Å²) in [6, 6.07) is 9.25. The van der Waals surface area contributed by atoms with Crippen LogP contribution in [0.4, 0.5) is 11.4 Å². The molecule has 2 N–H and O–H groups in total. The lowest BCUT2D eigenvalue weighted by atomic mass is 10.1. The number of rotatable bonds is 7. The Balaban J connectivity index is 1.92. The zero-order chi connectivity index (χ0) is 22.6. The topological polar surface area (TPSA) is 97.0 Å². The summed E-state index contributed by atoms with van der Waals surface area (Å²) >= 11 is 6.16. The number of carbonyl (C=O) groups is 1. The number of nitrogens with zero attached hydrogens (tertiary/aromatic N) is 1. The van der Waals surface area contributed by atoms with Crippen LogP contribution in [0.15, 0.2) is 41.3 Å². The largest absolute Gasteiger partial charge is 0.495 e. The van der Waals surface area contributed by atoms with E-state index in [0.717, 1.165) is 5.69 Å². The molecule has 10 heteroatoms. The lowest BCUT2D eigenvalue weighted by molar-refractivity contribution is 0.102. The Kier molecular flexibility index (Phi) is 7.42. The second-order valence-electron chi connectivity index (χ2n) is 7.36. The molecule has 168 valence electrons. The van der Waals surface area contributed by atoms with E-state index < -0.39 is 15.9 Å². The molecule has 0 aliphatic carbocycles. The summed E-state index contributed by atoms with van der Waals surface area (Å²) in [5, 5.41) is 3.34. The quantitative estimate of drug-likeness (QED) is 0.649. The number of hydrogen-bond donors (Lipinski definition) is 2. The molecule has 1 heterocycles. The third-order valence-corrected chi connectivity index (χ3v) is 6.58. The van der Waals surface area contributed by atoms with Gasteiger partial charge in [-0.3, -0.25) is 4.79 Å². The standard InChI is InChI=1S/C21H26ClN3O5S/c1-14(2)24-31(27,28)20-12-15(4-7-19(20)29-3)21(26)23-17-13-16(22)5-6-18(17)25-8-10-30-11-9-25/h4-7,12-14,24H,8-11H2,1-3H3,(H,23,26). The van der Waals surface area contributed by atoms with Gasteiger partial charge >= 0.3 is 0 Å². The molecule has 1 aliphatic heterocycles. The summed E-state index contributed by atoms with van der Waals surface area (Å²) in [6.45, 7) is 6.00. The molecule has 0 spiro atoms. The van der Waals surface area contributed by atoms with Gasteiger partial charge in [-0.15, -0.1) is 0 Å². The zero-order valence-electron chi connectivity index (χ0n) is 17.6. The van der Waals surface area contributed by atoms with E-state index in [1.807, 2.05) is 6.07 Å². The second-order valence-corrected chi connectivity index (χ2v) is 9.48. The van der Waals surface area contributed by atoms with Crippen LogP contribution in [0, 0.1) is 0 Å². The number of anilines is 2. The number of ether oxygens (including phenoxy) is 2. The molecule has 3 rings (SSSR count). The predicted octanol–water partition coefficient (Wildman–Crippen LogP) is 3.12. The van der Waals surface area contributed by atoms with E-state index in [0.29, 0.717) is 37.0 Å². The number of sulfonamides is 1. The molecule has 0 aromatic heterocycles. The van der Waals surface area contributed by atoms with Crippen molar-refractivity contribution in [3.05, 3.63) is 47.0 Å². The monoisotopic (exact) mass is 467 g/mol. The number of benzene rings is 2. The molecular formula is C21H26ClN3O5S. The van der Waals surface area contributed by atoms with Gasteiger partial charge < -0.3 is 19.7 Å². The summed E-state index contributed by atoms with van der Waals surface area (Å²) in [5.74, 6) is -0.304. The molecule has 1 fully saturated rings. The van der Waals surface area contributed by atoms with E-state index in [1.54, 1.807) is 26.0 Å². The maximum atomic E-state index is 13.0. The van der Waals surface area contributed by atoms with Gasteiger partial charge in [-0.25, -0.2) is 13.1 Å². The fraction of sp³-hybridized carbons (Fsp3) is 0.381. The third-order valence-electron chi connectivity index (χ3n) is 4.66. The molecule has 2 aromatic rings. The molecule has 0 radical (unpaired) electrons. The van der Waals surface area contributed by atoms with Crippen LogP contribution in [0.1, 0.15) is 24.2 Å². The smallest absolute Gasteiger partial charge is 0.255 e. The van der Waals surface area contributed by atoms with Crippen LogP contribution in [0.5, 0.6) is 5.75 Å². The molecule has 31 heavy (non-hydrogen) atoms. The maximum absolute atomic E-state index is 13.0. The first-order chi connectivity index (χ1) is 14.7. The fourth-order valence-electron chi connectivity index (χ4n) is 3.28. The number of methoxy groups -OCH3 is 1. The van der Waals surface area contributed by atoms with Crippen LogP contribution in [-0.4, -0.2) is 53.8 Å². The Labute approximate surface area is 187 Å². The Morgan fingerprint density at radius 1 is 1.16 bits per heavy atom. The minimum Gasteiger partial charge on any atom is -0.495 e. The zero-order valence-corrected chi connectivity index (χ0v) is 19.2. The normalized spacial score (nSPS) is 14.5. The highest BCUT2D eigenvalue weighted by atomic mass is 35.5.